The quantitative estimate of drug-likeness (QED) is 0.797. The van der Waals surface area contributed by atoms with Crippen molar-refractivity contribution < 1.29 is 18.0 Å². The second-order valence-electron chi connectivity index (χ2n) is 8.33. The first-order valence-corrected chi connectivity index (χ1v) is 9.16. The van der Waals surface area contributed by atoms with Gasteiger partial charge in [0, 0.05) is 12.0 Å². The average Bonchev–Trinajstić information content (AvgIpc) is 2.78. The Morgan fingerprint density at radius 1 is 1.19 bits per heavy atom. The number of amides is 1. The first kappa shape index (κ1) is 19.7. The van der Waals surface area contributed by atoms with Crippen molar-refractivity contribution in [1.82, 2.24) is 10.4 Å². The van der Waals surface area contributed by atoms with Crippen LogP contribution in [0.15, 0.2) is 36.4 Å². The normalized spacial score (nSPS) is 18.9. The molecular formula is C21H25F3N2O. The molecule has 0 aliphatic carbocycles. The van der Waals surface area contributed by atoms with Gasteiger partial charge in [0.1, 0.15) is 0 Å². The summed E-state index contributed by atoms with van der Waals surface area (Å²) in [5.74, 6) is 0.0630. The number of nitrogens with one attached hydrogen (secondary N) is 1. The summed E-state index contributed by atoms with van der Waals surface area (Å²) in [6, 6.07) is 8.75. The minimum absolute atomic E-state index is 0.0334. The number of rotatable bonds is 4. The van der Waals surface area contributed by atoms with E-state index < -0.39 is 23.7 Å². The van der Waals surface area contributed by atoms with E-state index in [1.807, 2.05) is 18.2 Å². The van der Waals surface area contributed by atoms with E-state index in [4.69, 9.17) is 0 Å². The maximum absolute atomic E-state index is 14.0. The monoisotopic (exact) mass is 378 g/mol. The molecule has 146 valence electrons. The molecule has 2 aromatic carbocycles. The van der Waals surface area contributed by atoms with Gasteiger partial charge in [0.05, 0.1) is 0 Å². The summed E-state index contributed by atoms with van der Waals surface area (Å²) in [5, 5.41) is 2.80. The van der Waals surface area contributed by atoms with Crippen LogP contribution in [0.2, 0.25) is 0 Å². The lowest BCUT2D eigenvalue weighted by Gasteiger charge is -2.38. The number of alkyl halides is 3. The highest BCUT2D eigenvalue weighted by molar-refractivity contribution is 5.86. The van der Waals surface area contributed by atoms with Gasteiger partial charge in [-0.3, -0.25) is 10.2 Å². The molecule has 1 aliphatic rings. The van der Waals surface area contributed by atoms with Crippen LogP contribution in [0.5, 0.6) is 0 Å². The summed E-state index contributed by atoms with van der Waals surface area (Å²) in [5.41, 5.74) is 2.75. The molecule has 2 aromatic rings. The molecule has 3 rings (SSSR count). The van der Waals surface area contributed by atoms with E-state index in [0.717, 1.165) is 27.8 Å². The highest BCUT2D eigenvalue weighted by Gasteiger charge is 2.52. The summed E-state index contributed by atoms with van der Waals surface area (Å²) >= 11 is 0. The van der Waals surface area contributed by atoms with Gasteiger partial charge in [-0.15, -0.1) is 0 Å². The number of carbonyl (C=O) groups excluding carboxylic acids is 1. The number of hydrogen-bond donors (Lipinski definition) is 1. The minimum atomic E-state index is -4.52. The highest BCUT2D eigenvalue weighted by atomic mass is 19.4. The Labute approximate surface area is 157 Å². The Morgan fingerprint density at radius 3 is 2.44 bits per heavy atom. The van der Waals surface area contributed by atoms with Gasteiger partial charge >= 0.3 is 6.18 Å². The number of hydrogen-bond acceptors (Lipinski definition) is 2. The van der Waals surface area contributed by atoms with Crippen LogP contribution >= 0.6 is 0 Å². The van der Waals surface area contributed by atoms with Gasteiger partial charge in [-0.05, 0) is 54.2 Å². The van der Waals surface area contributed by atoms with Gasteiger partial charge in [-0.1, -0.05) is 44.2 Å². The number of hydrazine groups is 1. The molecule has 0 unspecified atom stereocenters. The van der Waals surface area contributed by atoms with Crippen LogP contribution in [0.1, 0.15) is 51.3 Å². The van der Waals surface area contributed by atoms with Crippen LogP contribution in [-0.4, -0.2) is 22.6 Å². The Balaban J connectivity index is 2.08. The molecule has 0 spiro atoms. The lowest BCUT2D eigenvalue weighted by molar-refractivity contribution is -0.203. The molecular weight excluding hydrogens is 353 g/mol. The molecule has 1 amide bonds. The third kappa shape index (κ3) is 3.95. The number of fused-ring (bicyclic) bond motifs is 1. The zero-order valence-electron chi connectivity index (χ0n) is 16.0. The molecule has 6 heteroatoms. The number of benzene rings is 2. The Kier molecular flexibility index (Phi) is 4.97. The average molecular weight is 378 g/mol. The molecule has 1 aliphatic heterocycles. The Hall–Kier alpha value is -2.08. The van der Waals surface area contributed by atoms with Gasteiger partial charge in [0.2, 0.25) is 5.91 Å². The molecule has 27 heavy (non-hydrogen) atoms. The van der Waals surface area contributed by atoms with Crippen LogP contribution in [0.3, 0.4) is 0 Å². The number of carbonyl (C=O) groups is 1. The predicted octanol–water partition coefficient (Wildman–Crippen LogP) is 5.16. The van der Waals surface area contributed by atoms with Crippen LogP contribution in [-0.2, 0) is 11.2 Å². The standard InChI is InChI=1S/C21H25F3N2O/c1-13(2)10-14-6-5-7-15-11-16(8-9-17(14)15)19(21(22,23)24)26-20(3,4)12-18(27)25-26/h5-9,11,13,19H,10,12H2,1-4H3,(H,25,27)/t19-/m0/s1. The van der Waals surface area contributed by atoms with Crippen molar-refractivity contribution in [1.29, 1.82) is 0 Å². The highest BCUT2D eigenvalue weighted by Crippen LogP contribution is 2.43. The van der Waals surface area contributed by atoms with Crippen LogP contribution < -0.4 is 5.43 Å². The van der Waals surface area contributed by atoms with Crippen LogP contribution in [0.4, 0.5) is 13.2 Å². The molecule has 1 saturated heterocycles. The van der Waals surface area contributed by atoms with Gasteiger partial charge in [0.25, 0.3) is 0 Å². The summed E-state index contributed by atoms with van der Waals surface area (Å²) in [6.07, 6.45) is -3.61. The fraction of sp³-hybridized carbons (Fsp3) is 0.476. The van der Waals surface area contributed by atoms with Gasteiger partial charge in [0.15, 0.2) is 6.04 Å². The first-order chi connectivity index (χ1) is 12.5. The van der Waals surface area contributed by atoms with Gasteiger partial charge in [-0.2, -0.15) is 18.2 Å². The van der Waals surface area contributed by atoms with Crippen molar-refractivity contribution in [3.05, 3.63) is 47.5 Å². The van der Waals surface area contributed by atoms with E-state index in [2.05, 4.69) is 19.3 Å². The summed E-state index contributed by atoms with van der Waals surface area (Å²) in [4.78, 5) is 11.8. The number of halogens is 3. The van der Waals surface area contributed by atoms with Gasteiger partial charge in [-0.25, -0.2) is 0 Å². The van der Waals surface area contributed by atoms with Crippen LogP contribution in [0.25, 0.3) is 10.8 Å². The molecule has 3 nitrogen and oxygen atoms in total. The molecule has 0 radical (unpaired) electrons. The minimum Gasteiger partial charge on any atom is -0.287 e. The molecule has 0 bridgehead atoms. The first-order valence-electron chi connectivity index (χ1n) is 9.16. The SMILES string of the molecule is CC(C)Cc1cccc2cc([C@H](N3NC(=O)CC3(C)C)C(F)(F)F)ccc12. The maximum Gasteiger partial charge on any atom is 0.409 e. The molecule has 1 atom stereocenters. The van der Waals surface area contributed by atoms with E-state index in [9.17, 15) is 18.0 Å². The van der Waals surface area contributed by atoms with Crippen molar-refractivity contribution in [3.8, 4) is 0 Å². The molecule has 1 fully saturated rings. The fourth-order valence-electron chi connectivity index (χ4n) is 3.86. The summed E-state index contributed by atoms with van der Waals surface area (Å²) < 4.78 is 42.0. The summed E-state index contributed by atoms with van der Waals surface area (Å²) in [7, 11) is 0. The van der Waals surface area contributed by atoms with E-state index in [1.54, 1.807) is 26.0 Å². The topological polar surface area (TPSA) is 32.3 Å². The largest absolute Gasteiger partial charge is 0.409 e. The second-order valence-corrected chi connectivity index (χ2v) is 8.33. The lowest BCUT2D eigenvalue weighted by atomic mass is 9.93. The summed E-state index contributed by atoms with van der Waals surface area (Å²) in [6.45, 7) is 7.52. The van der Waals surface area contributed by atoms with Crippen molar-refractivity contribution in [2.24, 2.45) is 5.92 Å². The fourth-order valence-corrected chi connectivity index (χ4v) is 3.86. The van der Waals surface area contributed by atoms with Crippen molar-refractivity contribution >= 4 is 16.7 Å². The lowest BCUT2D eigenvalue weighted by Crippen LogP contribution is -2.51. The van der Waals surface area contributed by atoms with Crippen molar-refractivity contribution in [2.75, 3.05) is 0 Å². The smallest absolute Gasteiger partial charge is 0.287 e. The maximum atomic E-state index is 14.0. The predicted molar refractivity (Wildman–Crippen MR) is 100.0 cm³/mol. The third-order valence-electron chi connectivity index (χ3n) is 5.00. The van der Waals surface area contributed by atoms with E-state index >= 15 is 0 Å². The van der Waals surface area contributed by atoms with E-state index in [-0.39, 0.29) is 12.0 Å². The zero-order valence-corrected chi connectivity index (χ0v) is 16.0. The van der Waals surface area contributed by atoms with E-state index in [0.29, 0.717) is 5.92 Å². The van der Waals surface area contributed by atoms with Crippen molar-refractivity contribution in [3.63, 3.8) is 0 Å². The molecule has 1 heterocycles. The number of nitrogens with zero attached hydrogens (tertiary/aromatic N) is 1. The zero-order chi connectivity index (χ0) is 20.0. The molecule has 1 N–H and O–H groups in total. The molecule has 0 saturated carbocycles. The van der Waals surface area contributed by atoms with Crippen molar-refractivity contribution in [2.45, 2.75) is 58.3 Å². The van der Waals surface area contributed by atoms with Gasteiger partial charge < -0.3 is 0 Å². The van der Waals surface area contributed by atoms with Crippen LogP contribution in [0, 0.1) is 5.92 Å². The Morgan fingerprint density at radius 2 is 1.89 bits per heavy atom. The third-order valence-corrected chi connectivity index (χ3v) is 5.00. The second kappa shape index (κ2) is 6.82. The Bertz CT molecular complexity index is 858. The molecule has 0 aromatic heterocycles. The van der Waals surface area contributed by atoms with E-state index in [1.165, 1.54) is 6.07 Å².